The van der Waals surface area contributed by atoms with Crippen LogP contribution in [0.2, 0.25) is 0 Å². The van der Waals surface area contributed by atoms with Crippen molar-refractivity contribution in [2.45, 2.75) is 57.2 Å². The molecule has 1 aromatic heterocycles. The van der Waals surface area contributed by atoms with Gasteiger partial charge in [0.15, 0.2) is 0 Å². The van der Waals surface area contributed by atoms with Gasteiger partial charge >= 0.3 is 0 Å². The SMILES string of the molecule is CC(N[S@+]([O-])C(C)(C)C)c1ccc(C2CC2)nc1. The Morgan fingerprint density at radius 2 is 2.06 bits per heavy atom. The van der Waals surface area contributed by atoms with Crippen LogP contribution in [0.3, 0.4) is 0 Å². The van der Waals surface area contributed by atoms with Gasteiger partial charge in [-0.2, -0.15) is 0 Å². The van der Waals surface area contributed by atoms with Crippen molar-refractivity contribution in [3.63, 3.8) is 0 Å². The van der Waals surface area contributed by atoms with E-state index < -0.39 is 11.4 Å². The highest BCUT2D eigenvalue weighted by molar-refractivity contribution is 7.90. The minimum atomic E-state index is -1.05. The monoisotopic (exact) mass is 266 g/mol. The highest BCUT2D eigenvalue weighted by Crippen LogP contribution is 2.38. The molecule has 2 rings (SSSR count). The van der Waals surface area contributed by atoms with Crippen LogP contribution in [0.25, 0.3) is 0 Å². The van der Waals surface area contributed by atoms with Gasteiger partial charge in [0, 0.05) is 29.2 Å². The molecule has 1 aliphatic rings. The van der Waals surface area contributed by atoms with Gasteiger partial charge in [0.05, 0.1) is 6.04 Å². The van der Waals surface area contributed by atoms with Crippen LogP contribution in [0.15, 0.2) is 18.3 Å². The van der Waals surface area contributed by atoms with Crippen LogP contribution in [-0.4, -0.2) is 14.3 Å². The first-order valence-corrected chi connectivity index (χ1v) is 7.67. The van der Waals surface area contributed by atoms with E-state index in [0.717, 1.165) is 5.56 Å². The van der Waals surface area contributed by atoms with Gasteiger partial charge in [-0.15, -0.1) is 4.72 Å². The quantitative estimate of drug-likeness (QED) is 0.852. The maximum Gasteiger partial charge on any atom is 0.136 e. The summed E-state index contributed by atoms with van der Waals surface area (Å²) in [5.41, 5.74) is 2.29. The highest BCUT2D eigenvalue weighted by Gasteiger charge is 2.29. The van der Waals surface area contributed by atoms with Gasteiger partial charge in [0.25, 0.3) is 0 Å². The van der Waals surface area contributed by atoms with Crippen molar-refractivity contribution >= 4 is 11.4 Å². The van der Waals surface area contributed by atoms with Gasteiger partial charge in [0.2, 0.25) is 0 Å². The third-order valence-corrected chi connectivity index (χ3v) is 4.82. The summed E-state index contributed by atoms with van der Waals surface area (Å²) in [4.78, 5) is 4.49. The van der Waals surface area contributed by atoms with Crippen LogP contribution >= 0.6 is 0 Å². The van der Waals surface area contributed by atoms with Crippen LogP contribution < -0.4 is 4.72 Å². The minimum absolute atomic E-state index is 0.0609. The lowest BCUT2D eigenvalue weighted by molar-refractivity contribution is 0.531. The summed E-state index contributed by atoms with van der Waals surface area (Å²) in [5, 5.41) is 0. The topological polar surface area (TPSA) is 48.0 Å². The smallest absolute Gasteiger partial charge is 0.136 e. The number of hydrogen-bond donors (Lipinski definition) is 1. The van der Waals surface area contributed by atoms with E-state index in [9.17, 15) is 4.55 Å². The van der Waals surface area contributed by atoms with Gasteiger partial charge in [-0.3, -0.25) is 4.98 Å². The van der Waals surface area contributed by atoms with Gasteiger partial charge in [0.1, 0.15) is 4.75 Å². The Bertz CT molecular complexity index is 395. The number of nitrogens with zero attached hydrogens (tertiary/aromatic N) is 1. The Morgan fingerprint density at radius 1 is 1.39 bits per heavy atom. The fraction of sp³-hybridized carbons (Fsp3) is 0.643. The lowest BCUT2D eigenvalue weighted by Crippen LogP contribution is -2.40. The van der Waals surface area contributed by atoms with Crippen molar-refractivity contribution in [3.05, 3.63) is 29.6 Å². The molecule has 1 saturated carbocycles. The van der Waals surface area contributed by atoms with Crippen molar-refractivity contribution in [3.8, 4) is 0 Å². The van der Waals surface area contributed by atoms with E-state index in [2.05, 4.69) is 21.8 Å². The molecule has 0 saturated heterocycles. The molecule has 2 atom stereocenters. The largest absolute Gasteiger partial charge is 0.598 e. The molecule has 3 nitrogen and oxygen atoms in total. The Kier molecular flexibility index (Phi) is 3.99. The Labute approximate surface area is 113 Å². The summed E-state index contributed by atoms with van der Waals surface area (Å²) in [6.07, 6.45) is 4.45. The third-order valence-electron chi connectivity index (χ3n) is 3.14. The average molecular weight is 266 g/mol. The maximum absolute atomic E-state index is 12.0. The molecule has 1 aliphatic carbocycles. The summed E-state index contributed by atoms with van der Waals surface area (Å²) in [6, 6.07) is 4.26. The Morgan fingerprint density at radius 3 is 2.50 bits per heavy atom. The molecule has 1 unspecified atom stereocenters. The molecule has 100 valence electrons. The zero-order valence-corrected chi connectivity index (χ0v) is 12.4. The number of nitrogens with one attached hydrogen (secondary N) is 1. The first kappa shape index (κ1) is 13.8. The Balaban J connectivity index is 1.97. The van der Waals surface area contributed by atoms with Crippen LogP contribution in [-0.2, 0) is 11.4 Å². The highest BCUT2D eigenvalue weighted by atomic mass is 32.2. The second kappa shape index (κ2) is 5.19. The first-order valence-electron chi connectivity index (χ1n) is 6.52. The molecule has 0 radical (unpaired) electrons. The number of rotatable bonds is 4. The molecule has 0 spiro atoms. The predicted molar refractivity (Wildman–Crippen MR) is 75.7 cm³/mol. The fourth-order valence-corrected chi connectivity index (χ4v) is 2.51. The molecule has 1 fully saturated rings. The van der Waals surface area contributed by atoms with Gasteiger partial charge in [-0.25, -0.2) is 0 Å². The molecule has 18 heavy (non-hydrogen) atoms. The van der Waals surface area contributed by atoms with E-state index in [1.54, 1.807) is 0 Å². The van der Waals surface area contributed by atoms with E-state index in [4.69, 9.17) is 0 Å². The van der Waals surface area contributed by atoms with E-state index in [1.807, 2.05) is 33.9 Å². The molecular weight excluding hydrogens is 244 g/mol. The van der Waals surface area contributed by atoms with E-state index in [1.165, 1.54) is 18.5 Å². The van der Waals surface area contributed by atoms with Crippen molar-refractivity contribution < 1.29 is 4.55 Å². The molecule has 0 amide bonds. The zero-order chi connectivity index (χ0) is 13.3. The second-order valence-electron chi connectivity index (χ2n) is 6.01. The molecular formula is C14H22N2OS. The van der Waals surface area contributed by atoms with Crippen molar-refractivity contribution in [2.75, 3.05) is 0 Å². The van der Waals surface area contributed by atoms with Crippen LogP contribution in [0, 0.1) is 0 Å². The number of pyridine rings is 1. The summed E-state index contributed by atoms with van der Waals surface area (Å²) in [7, 11) is 0. The van der Waals surface area contributed by atoms with Crippen LogP contribution in [0.5, 0.6) is 0 Å². The van der Waals surface area contributed by atoms with Crippen molar-refractivity contribution in [1.82, 2.24) is 9.71 Å². The fourth-order valence-electron chi connectivity index (χ4n) is 1.70. The summed E-state index contributed by atoms with van der Waals surface area (Å²) < 4.78 is 14.9. The average Bonchev–Trinajstić information content (AvgIpc) is 3.11. The second-order valence-corrected chi connectivity index (χ2v) is 8.01. The molecule has 0 bridgehead atoms. The Hall–Kier alpha value is -0.580. The normalized spacial score (nSPS) is 19.6. The summed E-state index contributed by atoms with van der Waals surface area (Å²) >= 11 is -1.05. The first-order chi connectivity index (χ1) is 8.38. The summed E-state index contributed by atoms with van der Waals surface area (Å²) in [5.74, 6) is 0.686. The van der Waals surface area contributed by atoms with Gasteiger partial charge in [-0.05, 0) is 52.2 Å². The molecule has 1 N–H and O–H groups in total. The summed E-state index contributed by atoms with van der Waals surface area (Å²) in [6.45, 7) is 7.93. The number of hydrogen-bond acceptors (Lipinski definition) is 3. The maximum atomic E-state index is 12.0. The number of aromatic nitrogens is 1. The van der Waals surface area contributed by atoms with Gasteiger partial charge < -0.3 is 4.55 Å². The van der Waals surface area contributed by atoms with Crippen LogP contribution in [0.1, 0.15) is 63.8 Å². The molecule has 1 heterocycles. The standard InChI is InChI=1S/C14H22N2OS/c1-10(16-18(17)14(2,3)4)12-7-8-13(15-9-12)11-5-6-11/h7-11,16H,5-6H2,1-4H3/t10?,18-/m1/s1. The van der Waals surface area contributed by atoms with Crippen molar-refractivity contribution in [2.24, 2.45) is 0 Å². The molecule has 0 aliphatic heterocycles. The lowest BCUT2D eigenvalue weighted by atomic mass is 10.1. The van der Waals surface area contributed by atoms with E-state index in [0.29, 0.717) is 5.92 Å². The van der Waals surface area contributed by atoms with Crippen LogP contribution in [0.4, 0.5) is 0 Å². The predicted octanol–water partition coefficient (Wildman–Crippen LogP) is 3.07. The minimum Gasteiger partial charge on any atom is -0.598 e. The van der Waals surface area contributed by atoms with E-state index >= 15 is 0 Å². The van der Waals surface area contributed by atoms with E-state index in [-0.39, 0.29) is 10.8 Å². The molecule has 0 aromatic carbocycles. The van der Waals surface area contributed by atoms with Gasteiger partial charge in [-0.1, -0.05) is 6.07 Å². The molecule has 1 aromatic rings. The molecule has 4 heteroatoms. The third kappa shape index (κ3) is 3.46. The zero-order valence-electron chi connectivity index (χ0n) is 11.6. The lowest BCUT2D eigenvalue weighted by Gasteiger charge is -2.26. The van der Waals surface area contributed by atoms with Crippen molar-refractivity contribution in [1.29, 1.82) is 0 Å².